The molecule has 2 saturated heterocycles. The minimum atomic E-state index is 0.601. The molecule has 2 fully saturated rings. The topological polar surface area (TPSA) is 37.4 Å². The maximum Gasteiger partial charge on any atom is 0.193 e. The highest BCUT2D eigenvalue weighted by Crippen LogP contribution is 2.26. The van der Waals surface area contributed by atoms with Gasteiger partial charge in [0, 0.05) is 72.5 Å². The molecular formula is C21H35ClN6. The van der Waals surface area contributed by atoms with Crippen LogP contribution < -0.4 is 10.2 Å². The number of likely N-dealkylation sites (N-methyl/N-ethyl adjacent to an activating group) is 1. The minimum Gasteiger partial charge on any atom is -0.367 e. The Morgan fingerprint density at radius 2 is 1.75 bits per heavy atom. The molecule has 6 nitrogen and oxygen atoms in total. The number of rotatable bonds is 5. The molecule has 28 heavy (non-hydrogen) atoms. The summed E-state index contributed by atoms with van der Waals surface area (Å²) in [5.41, 5.74) is 1.13. The van der Waals surface area contributed by atoms with Crippen molar-refractivity contribution in [2.45, 2.75) is 6.92 Å². The van der Waals surface area contributed by atoms with E-state index in [9.17, 15) is 0 Å². The van der Waals surface area contributed by atoms with Gasteiger partial charge in [0.1, 0.15) is 0 Å². The predicted molar refractivity (Wildman–Crippen MR) is 120 cm³/mol. The van der Waals surface area contributed by atoms with Gasteiger partial charge in [0.05, 0.1) is 10.7 Å². The van der Waals surface area contributed by atoms with Crippen LogP contribution in [0.1, 0.15) is 6.92 Å². The summed E-state index contributed by atoms with van der Waals surface area (Å²) >= 11 is 6.36. The van der Waals surface area contributed by atoms with Crippen LogP contribution >= 0.6 is 11.6 Å². The highest BCUT2D eigenvalue weighted by molar-refractivity contribution is 6.33. The molecule has 1 unspecified atom stereocenters. The summed E-state index contributed by atoms with van der Waals surface area (Å²) in [4.78, 5) is 14.2. The second-order valence-electron chi connectivity index (χ2n) is 8.06. The fourth-order valence-electron chi connectivity index (χ4n) is 4.00. The van der Waals surface area contributed by atoms with Crippen LogP contribution in [0.15, 0.2) is 29.3 Å². The molecule has 3 rings (SSSR count). The van der Waals surface area contributed by atoms with Gasteiger partial charge >= 0.3 is 0 Å². The first-order valence-electron chi connectivity index (χ1n) is 10.4. The maximum atomic E-state index is 6.36. The van der Waals surface area contributed by atoms with Crippen LogP contribution in [0.2, 0.25) is 5.02 Å². The fraction of sp³-hybridized carbons (Fsp3) is 0.667. The van der Waals surface area contributed by atoms with Crippen molar-refractivity contribution in [1.29, 1.82) is 0 Å². The molecule has 1 aromatic carbocycles. The van der Waals surface area contributed by atoms with E-state index >= 15 is 0 Å². The lowest BCUT2D eigenvalue weighted by Gasteiger charge is -2.38. The average molecular weight is 407 g/mol. The number of hydrogen-bond donors (Lipinski definition) is 1. The van der Waals surface area contributed by atoms with Gasteiger partial charge < -0.3 is 24.9 Å². The van der Waals surface area contributed by atoms with Crippen molar-refractivity contribution < 1.29 is 0 Å². The number of benzene rings is 1. The molecule has 1 aromatic rings. The SMILES string of the molecule is CN=C(NCC(C)CN1CCN(C)CC1)N1CCN(c2ccccc2Cl)CC1. The van der Waals surface area contributed by atoms with E-state index in [4.69, 9.17) is 11.6 Å². The lowest BCUT2D eigenvalue weighted by atomic mass is 10.1. The van der Waals surface area contributed by atoms with Gasteiger partial charge in [0.25, 0.3) is 0 Å². The van der Waals surface area contributed by atoms with E-state index in [0.717, 1.165) is 55.9 Å². The summed E-state index contributed by atoms with van der Waals surface area (Å²) in [6.45, 7) is 13.0. The van der Waals surface area contributed by atoms with Crippen molar-refractivity contribution in [1.82, 2.24) is 20.0 Å². The first-order chi connectivity index (χ1) is 13.6. The monoisotopic (exact) mass is 406 g/mol. The lowest BCUT2D eigenvalue weighted by Crippen LogP contribution is -2.53. The largest absolute Gasteiger partial charge is 0.367 e. The molecule has 0 saturated carbocycles. The van der Waals surface area contributed by atoms with E-state index in [2.05, 4.69) is 56.0 Å². The summed E-state index contributed by atoms with van der Waals surface area (Å²) < 4.78 is 0. The number of nitrogens with one attached hydrogen (secondary N) is 1. The number of nitrogens with zero attached hydrogens (tertiary/aromatic N) is 5. The van der Waals surface area contributed by atoms with E-state index in [1.165, 1.54) is 26.2 Å². The Balaban J connectivity index is 1.43. The van der Waals surface area contributed by atoms with Gasteiger partial charge in [-0.2, -0.15) is 0 Å². The Morgan fingerprint density at radius 1 is 1.07 bits per heavy atom. The van der Waals surface area contributed by atoms with Crippen molar-refractivity contribution >= 4 is 23.2 Å². The number of para-hydroxylation sites is 1. The van der Waals surface area contributed by atoms with Gasteiger partial charge in [-0.05, 0) is 25.1 Å². The number of guanidine groups is 1. The van der Waals surface area contributed by atoms with Crippen LogP contribution in [-0.4, -0.2) is 100 Å². The molecule has 1 N–H and O–H groups in total. The molecule has 2 aliphatic rings. The summed E-state index contributed by atoms with van der Waals surface area (Å²) in [7, 11) is 4.09. The van der Waals surface area contributed by atoms with Crippen LogP contribution in [0.4, 0.5) is 5.69 Å². The van der Waals surface area contributed by atoms with E-state index in [-0.39, 0.29) is 0 Å². The van der Waals surface area contributed by atoms with Crippen LogP contribution in [-0.2, 0) is 0 Å². The lowest BCUT2D eigenvalue weighted by molar-refractivity contribution is 0.139. The molecule has 0 bridgehead atoms. The van der Waals surface area contributed by atoms with Gasteiger partial charge in [-0.1, -0.05) is 30.7 Å². The van der Waals surface area contributed by atoms with E-state index in [1.807, 2.05) is 19.2 Å². The summed E-state index contributed by atoms with van der Waals surface area (Å²) in [6, 6.07) is 8.10. The second-order valence-corrected chi connectivity index (χ2v) is 8.47. The zero-order valence-corrected chi connectivity index (χ0v) is 18.3. The molecule has 2 aliphatic heterocycles. The highest BCUT2D eigenvalue weighted by Gasteiger charge is 2.22. The van der Waals surface area contributed by atoms with Gasteiger partial charge in [-0.25, -0.2) is 0 Å². The van der Waals surface area contributed by atoms with Crippen molar-refractivity contribution in [2.24, 2.45) is 10.9 Å². The van der Waals surface area contributed by atoms with Crippen molar-refractivity contribution in [3.8, 4) is 0 Å². The normalized spacial score (nSPS) is 21.1. The zero-order chi connectivity index (χ0) is 19.9. The third-order valence-corrected chi connectivity index (χ3v) is 6.08. The van der Waals surface area contributed by atoms with Gasteiger partial charge in [0.2, 0.25) is 0 Å². The van der Waals surface area contributed by atoms with Crippen LogP contribution in [0, 0.1) is 5.92 Å². The smallest absolute Gasteiger partial charge is 0.193 e. The Bertz CT molecular complexity index is 636. The number of aliphatic imine (C=N–C) groups is 1. The molecule has 0 aliphatic carbocycles. The number of halogens is 1. The van der Waals surface area contributed by atoms with Crippen LogP contribution in [0.3, 0.4) is 0 Å². The average Bonchev–Trinajstić information content (AvgIpc) is 2.71. The van der Waals surface area contributed by atoms with Gasteiger partial charge in [-0.15, -0.1) is 0 Å². The first kappa shape index (κ1) is 21.2. The molecule has 7 heteroatoms. The Labute approximate surface area is 175 Å². The van der Waals surface area contributed by atoms with Crippen molar-refractivity contribution in [2.75, 3.05) is 84.4 Å². The minimum absolute atomic E-state index is 0.601. The third kappa shape index (κ3) is 5.75. The number of anilines is 1. The fourth-order valence-corrected chi connectivity index (χ4v) is 4.26. The molecule has 2 heterocycles. The van der Waals surface area contributed by atoms with E-state index in [1.54, 1.807) is 0 Å². The Morgan fingerprint density at radius 3 is 2.39 bits per heavy atom. The predicted octanol–water partition coefficient (Wildman–Crippen LogP) is 1.92. The number of piperazine rings is 2. The summed E-state index contributed by atoms with van der Waals surface area (Å²) in [6.07, 6.45) is 0. The van der Waals surface area contributed by atoms with Crippen LogP contribution in [0.25, 0.3) is 0 Å². The molecule has 1 atom stereocenters. The highest BCUT2D eigenvalue weighted by atomic mass is 35.5. The second kappa shape index (κ2) is 10.3. The molecule has 0 radical (unpaired) electrons. The molecule has 0 amide bonds. The summed E-state index contributed by atoms with van der Waals surface area (Å²) in [5, 5.41) is 4.43. The molecular weight excluding hydrogens is 372 g/mol. The number of hydrogen-bond acceptors (Lipinski definition) is 4. The maximum absolute atomic E-state index is 6.36. The van der Waals surface area contributed by atoms with E-state index in [0.29, 0.717) is 5.92 Å². The van der Waals surface area contributed by atoms with E-state index < -0.39 is 0 Å². The van der Waals surface area contributed by atoms with Crippen LogP contribution in [0.5, 0.6) is 0 Å². The molecule has 0 aromatic heterocycles. The molecule has 0 spiro atoms. The standard InChI is InChI=1S/C21H35ClN6/c1-18(17-26-10-8-25(3)9-11-26)16-24-21(23-2)28-14-12-27(13-15-28)20-7-5-4-6-19(20)22/h4-7,18H,8-17H2,1-3H3,(H,23,24). The summed E-state index contributed by atoms with van der Waals surface area (Å²) in [5.74, 6) is 1.62. The first-order valence-corrected chi connectivity index (χ1v) is 10.8. The Hall–Kier alpha value is -1.50. The van der Waals surface area contributed by atoms with Gasteiger partial charge in [-0.3, -0.25) is 4.99 Å². The zero-order valence-electron chi connectivity index (χ0n) is 17.6. The quantitative estimate of drug-likeness (QED) is 0.597. The third-order valence-electron chi connectivity index (χ3n) is 5.76. The van der Waals surface area contributed by atoms with Gasteiger partial charge in [0.15, 0.2) is 5.96 Å². The van der Waals surface area contributed by atoms with Crippen molar-refractivity contribution in [3.05, 3.63) is 29.3 Å². The van der Waals surface area contributed by atoms with Crippen molar-refractivity contribution in [3.63, 3.8) is 0 Å². The molecule has 156 valence electrons. The Kier molecular flexibility index (Phi) is 7.82.